The fourth-order valence-corrected chi connectivity index (χ4v) is 5.80. The van der Waals surface area contributed by atoms with Crippen LogP contribution in [0, 0.1) is 12.8 Å². The molecule has 1 aliphatic heterocycles. The van der Waals surface area contributed by atoms with Gasteiger partial charge in [-0.3, -0.25) is 4.79 Å². The van der Waals surface area contributed by atoms with Crippen molar-refractivity contribution in [3.05, 3.63) is 107 Å². The Bertz CT molecular complexity index is 1640. The van der Waals surface area contributed by atoms with Crippen LogP contribution in [0.15, 0.2) is 72.9 Å². The first kappa shape index (κ1) is 34.3. The van der Waals surface area contributed by atoms with E-state index in [0.29, 0.717) is 29.7 Å². The minimum Gasteiger partial charge on any atom is -0.485 e. The van der Waals surface area contributed by atoms with Crippen LogP contribution in [0.1, 0.15) is 64.9 Å². The highest BCUT2D eigenvalue weighted by Gasteiger charge is 2.27. The monoisotopic (exact) mass is 653 g/mol. The van der Waals surface area contributed by atoms with Gasteiger partial charge in [-0.15, -0.1) is 0 Å². The highest BCUT2D eigenvalue weighted by molar-refractivity contribution is 5.97. The van der Waals surface area contributed by atoms with Gasteiger partial charge in [0.25, 0.3) is 5.91 Å². The lowest BCUT2D eigenvalue weighted by molar-refractivity contribution is -0.139. The number of ether oxygens (including phenoxy) is 2. The number of aliphatic hydroxyl groups excluding tert-OH is 1. The number of anilines is 1. The molecule has 3 N–H and O–H groups in total. The number of hydrogen-bond acceptors (Lipinski definition) is 9. The summed E-state index contributed by atoms with van der Waals surface area (Å²) in [5.41, 5.74) is 4.99. The van der Waals surface area contributed by atoms with Gasteiger partial charge in [-0.2, -0.15) is 0 Å². The summed E-state index contributed by atoms with van der Waals surface area (Å²) in [5, 5.41) is 21.0. The van der Waals surface area contributed by atoms with Gasteiger partial charge in [-0.1, -0.05) is 55.5 Å². The van der Waals surface area contributed by atoms with Crippen LogP contribution in [-0.4, -0.2) is 69.4 Å². The van der Waals surface area contributed by atoms with Gasteiger partial charge in [-0.05, 0) is 67.3 Å². The first-order valence-corrected chi connectivity index (χ1v) is 16.4. The van der Waals surface area contributed by atoms with E-state index in [4.69, 9.17) is 19.6 Å². The van der Waals surface area contributed by atoms with Crippen molar-refractivity contribution in [2.45, 2.75) is 58.6 Å². The lowest BCUT2D eigenvalue weighted by Gasteiger charge is -2.33. The third-order valence-corrected chi connectivity index (χ3v) is 8.47. The van der Waals surface area contributed by atoms with Crippen molar-refractivity contribution in [1.29, 1.82) is 0 Å². The second-order valence-electron chi connectivity index (χ2n) is 12.0. The molecule has 1 amide bonds. The number of pyridine rings is 1. The Morgan fingerprint density at radius 3 is 2.33 bits per heavy atom. The zero-order valence-electron chi connectivity index (χ0n) is 27.5. The molecule has 0 aliphatic carbocycles. The molecule has 252 valence electrons. The highest BCUT2D eigenvalue weighted by atomic mass is 16.5. The molecule has 1 atom stereocenters. The number of benzene rings is 2. The van der Waals surface area contributed by atoms with Gasteiger partial charge >= 0.3 is 5.97 Å². The summed E-state index contributed by atoms with van der Waals surface area (Å²) >= 11 is 0. The normalized spacial score (nSPS) is 13.9. The van der Waals surface area contributed by atoms with E-state index in [-0.39, 0.29) is 37.7 Å². The van der Waals surface area contributed by atoms with Crippen molar-refractivity contribution in [3.63, 3.8) is 0 Å². The summed E-state index contributed by atoms with van der Waals surface area (Å²) in [6.45, 7) is 5.70. The SMILES string of the molecule is CCC(NC(=O)c1nc(CC2CCN(c3ccc(Cc4ccc(OCCO)nc4)cc3)CC2)nc(C)c1OCc1ccccc1)C(=O)O. The van der Waals surface area contributed by atoms with Crippen molar-refractivity contribution >= 4 is 17.6 Å². The van der Waals surface area contributed by atoms with Crippen LogP contribution in [0.3, 0.4) is 0 Å². The van der Waals surface area contributed by atoms with Crippen LogP contribution in [-0.2, 0) is 24.2 Å². The van der Waals surface area contributed by atoms with E-state index in [1.54, 1.807) is 20.0 Å². The van der Waals surface area contributed by atoms with Gasteiger partial charge < -0.3 is 29.9 Å². The number of aliphatic carboxylic acids is 1. The molecule has 11 heteroatoms. The molecule has 3 heterocycles. The summed E-state index contributed by atoms with van der Waals surface area (Å²) in [6, 6.07) is 21.0. The molecule has 2 aromatic heterocycles. The van der Waals surface area contributed by atoms with Gasteiger partial charge in [-0.25, -0.2) is 19.7 Å². The largest absolute Gasteiger partial charge is 0.485 e. The predicted molar refractivity (Wildman–Crippen MR) is 181 cm³/mol. The Balaban J connectivity index is 1.21. The van der Waals surface area contributed by atoms with Crippen LogP contribution >= 0.6 is 0 Å². The summed E-state index contributed by atoms with van der Waals surface area (Å²) in [5.74, 6) is -0.0237. The number of amides is 1. The summed E-state index contributed by atoms with van der Waals surface area (Å²) in [7, 11) is 0. The number of nitrogens with zero attached hydrogens (tertiary/aromatic N) is 4. The van der Waals surface area contributed by atoms with E-state index >= 15 is 0 Å². The van der Waals surface area contributed by atoms with E-state index < -0.39 is 17.9 Å². The molecule has 0 saturated carbocycles. The first-order valence-electron chi connectivity index (χ1n) is 16.4. The first-order chi connectivity index (χ1) is 23.3. The van der Waals surface area contributed by atoms with Crippen LogP contribution in [0.25, 0.3) is 0 Å². The molecule has 1 unspecified atom stereocenters. The van der Waals surface area contributed by atoms with Crippen LogP contribution < -0.4 is 19.7 Å². The Labute approximate surface area is 281 Å². The Hall–Kier alpha value is -5.03. The Kier molecular flexibility index (Phi) is 11.9. The minimum absolute atomic E-state index is 0.0425. The molecule has 5 rings (SSSR count). The zero-order chi connectivity index (χ0) is 33.9. The maximum atomic E-state index is 13.4. The van der Waals surface area contributed by atoms with Crippen LogP contribution in [0.4, 0.5) is 5.69 Å². The van der Waals surface area contributed by atoms with Crippen molar-refractivity contribution in [1.82, 2.24) is 20.3 Å². The molecular formula is C37H43N5O6. The summed E-state index contributed by atoms with van der Waals surface area (Å²) < 4.78 is 11.4. The average Bonchev–Trinajstić information content (AvgIpc) is 3.10. The predicted octanol–water partition coefficient (Wildman–Crippen LogP) is 4.77. The highest BCUT2D eigenvalue weighted by Crippen LogP contribution is 2.28. The molecule has 4 aromatic rings. The van der Waals surface area contributed by atoms with Gasteiger partial charge in [0.1, 0.15) is 25.1 Å². The molecule has 48 heavy (non-hydrogen) atoms. The molecule has 0 radical (unpaired) electrons. The molecule has 1 aliphatic rings. The van der Waals surface area contributed by atoms with Gasteiger partial charge in [0.05, 0.1) is 12.3 Å². The van der Waals surface area contributed by atoms with Crippen molar-refractivity contribution in [2.75, 3.05) is 31.2 Å². The minimum atomic E-state index is -1.10. The van der Waals surface area contributed by atoms with Crippen LogP contribution in [0.5, 0.6) is 11.6 Å². The van der Waals surface area contributed by atoms with E-state index in [0.717, 1.165) is 43.5 Å². The molecule has 2 aromatic carbocycles. The molecular weight excluding hydrogens is 610 g/mol. The molecule has 0 bridgehead atoms. The number of carboxylic acids is 1. The smallest absolute Gasteiger partial charge is 0.326 e. The van der Waals surface area contributed by atoms with E-state index in [2.05, 4.69) is 44.5 Å². The number of aliphatic hydroxyl groups is 1. The zero-order valence-corrected chi connectivity index (χ0v) is 27.5. The Morgan fingerprint density at radius 1 is 0.958 bits per heavy atom. The van der Waals surface area contributed by atoms with Crippen molar-refractivity contribution < 1.29 is 29.3 Å². The number of carbonyl (C=O) groups is 2. The maximum Gasteiger partial charge on any atom is 0.326 e. The topological polar surface area (TPSA) is 147 Å². The summed E-state index contributed by atoms with van der Waals surface area (Å²) in [4.78, 5) is 41.1. The lowest BCUT2D eigenvalue weighted by Crippen LogP contribution is -2.41. The summed E-state index contributed by atoms with van der Waals surface area (Å²) in [6.07, 6.45) is 5.32. The number of carbonyl (C=O) groups excluding carboxylic acids is 1. The number of hydrogen-bond donors (Lipinski definition) is 3. The van der Waals surface area contributed by atoms with Crippen LogP contribution in [0.2, 0.25) is 0 Å². The number of aromatic nitrogens is 3. The second kappa shape index (κ2) is 16.7. The van der Waals surface area contributed by atoms with Crippen molar-refractivity contribution in [2.24, 2.45) is 5.92 Å². The maximum absolute atomic E-state index is 13.4. The quantitative estimate of drug-likeness (QED) is 0.164. The fourth-order valence-electron chi connectivity index (χ4n) is 5.80. The van der Waals surface area contributed by atoms with Gasteiger partial charge in [0, 0.05) is 37.5 Å². The molecule has 1 saturated heterocycles. The molecule has 11 nitrogen and oxygen atoms in total. The van der Waals surface area contributed by atoms with Crippen molar-refractivity contribution in [3.8, 4) is 11.6 Å². The third-order valence-electron chi connectivity index (χ3n) is 8.47. The number of nitrogens with one attached hydrogen (secondary N) is 1. The number of piperidine rings is 1. The average molecular weight is 654 g/mol. The number of carboxylic acid groups (broad SMARTS) is 1. The van der Waals surface area contributed by atoms with E-state index in [9.17, 15) is 14.7 Å². The number of rotatable bonds is 15. The third kappa shape index (κ3) is 9.28. The second-order valence-corrected chi connectivity index (χ2v) is 12.0. The van der Waals surface area contributed by atoms with E-state index in [1.807, 2.05) is 42.5 Å². The number of aryl methyl sites for hydroxylation is 1. The fraction of sp³-hybridized carbons (Fsp3) is 0.378. The van der Waals surface area contributed by atoms with E-state index in [1.165, 1.54) is 11.3 Å². The van der Waals surface area contributed by atoms with Gasteiger partial charge in [0.2, 0.25) is 5.88 Å². The molecule has 1 fully saturated rings. The standard InChI is InChI=1S/C37H43N5O6/c1-3-31(37(45)46)40-36(44)34-35(48-24-28-7-5-4-6-8-28)25(2)39-32(41-34)22-27-15-17-42(18-16-27)30-12-9-26(10-13-30)21-29-11-14-33(38-23-29)47-20-19-43/h4-14,23,27,31,43H,3,15-22,24H2,1-2H3,(H,40,44)(H,45,46). The Morgan fingerprint density at radius 2 is 1.69 bits per heavy atom. The lowest BCUT2D eigenvalue weighted by atomic mass is 9.92. The van der Waals surface area contributed by atoms with Gasteiger partial charge in [0.15, 0.2) is 11.4 Å². The molecule has 0 spiro atoms.